The largest absolute Gasteiger partial charge is 0.481 e. The Hall–Kier alpha value is -7.07. The summed E-state index contributed by atoms with van der Waals surface area (Å²) in [5, 5.41) is 25.4. The summed E-state index contributed by atoms with van der Waals surface area (Å²) in [6.07, 6.45) is 43.6. The van der Waals surface area contributed by atoms with Gasteiger partial charge in [0.2, 0.25) is 0 Å². The first-order valence-electron chi connectivity index (χ1n) is 50.3. The van der Waals surface area contributed by atoms with Crippen molar-refractivity contribution in [2.75, 3.05) is 195 Å². The number of carbonyl (C=O) groups is 7. The summed E-state index contributed by atoms with van der Waals surface area (Å²) in [7, 11) is 20.7. The van der Waals surface area contributed by atoms with Crippen LogP contribution in [0.4, 0.5) is 5.69 Å². The van der Waals surface area contributed by atoms with E-state index in [-0.39, 0.29) is 38.7 Å². The molecule has 15 rings (SSSR count). The molecule has 3 N–H and O–H groups in total. The van der Waals surface area contributed by atoms with E-state index in [2.05, 4.69) is 254 Å². The number of hydrogen-bond donors (Lipinski definition) is 3. The average Bonchev–Trinajstić information content (AvgIpc) is 1.74. The third-order valence-electron chi connectivity index (χ3n) is 22.8. The average molecular weight is 1870 g/mol. The summed E-state index contributed by atoms with van der Waals surface area (Å²) in [6.45, 7) is 42.3. The Morgan fingerprint density at radius 2 is 0.508 bits per heavy atom. The Kier molecular flexibility index (Phi) is 88.4. The predicted octanol–water partition coefficient (Wildman–Crippen LogP) is 19.6. The maximum Gasteiger partial charge on any atom is 0.332 e. The molecule has 24 nitrogen and oxygen atoms in total. The fourth-order valence-corrected chi connectivity index (χ4v) is 14.4. The molecule has 11 saturated heterocycles. The normalized spacial score (nSPS) is 18.0. The van der Waals surface area contributed by atoms with E-state index in [0.717, 1.165) is 52.3 Å². The molecule has 11 aliphatic heterocycles. The molecule has 4 aromatic rings. The number of likely N-dealkylation sites (tertiary alicyclic amines) is 9. The van der Waals surface area contributed by atoms with Gasteiger partial charge in [-0.1, -0.05) is 195 Å². The lowest BCUT2D eigenvalue weighted by molar-refractivity contribution is -0.197. The Morgan fingerprint density at radius 1 is 0.326 bits per heavy atom. The van der Waals surface area contributed by atoms with Gasteiger partial charge in [0.25, 0.3) is 29.6 Å². The van der Waals surface area contributed by atoms with Crippen molar-refractivity contribution in [3.8, 4) is 0 Å². The number of thiocarbonyl (C=S) groups is 1. The molecule has 25 heteroatoms. The van der Waals surface area contributed by atoms with Crippen molar-refractivity contribution in [1.82, 2.24) is 54.2 Å². The van der Waals surface area contributed by atoms with Gasteiger partial charge in [0, 0.05) is 59.7 Å². The molecule has 11 fully saturated rings. The standard InChI is InChI=1S/C9H9NS.2C9H12.C8H10.C7H9NO4.C6H7NO4.9C6H13N.C2H4O2.C2H6O.CH4O/c1-2-8-3-5-9(6-4-8)10-7-11;2*1-3-9-6-4-8(2)5-7-9;1-2-8-6-4-3-5-7-8;1-2-7(11)12-8-5(9)3-4-6(8)10;1-4(8)11-7-5(9)2-3-6(7)10;9*1-7-5-3-2-4-6-7;1-2(3)4;1-2-3;1-2/h3-6H,2H2,1H3;2*4-7H,3H2,1-2H3;3-7H,2H2,1H3;2-4H2,1H3;2-3H2,1H3;9*2-6H2,1H3;1H3,(H,3,4);3H,2H2,1H3;2H,1H3. The van der Waals surface area contributed by atoms with E-state index in [9.17, 15) is 28.8 Å². The van der Waals surface area contributed by atoms with Gasteiger partial charge >= 0.3 is 11.9 Å². The molecule has 0 saturated carbocycles. The van der Waals surface area contributed by atoms with Gasteiger partial charge < -0.3 is 69.1 Å². The number of isothiocyanates is 1. The van der Waals surface area contributed by atoms with Crippen molar-refractivity contribution >= 4 is 64.6 Å². The minimum absolute atomic E-state index is 0.131. The number of aryl methyl sites for hydroxylation is 6. The number of aliphatic hydroxyl groups is 2. The van der Waals surface area contributed by atoms with Gasteiger partial charge in [0.15, 0.2) is 0 Å². The highest BCUT2D eigenvalue weighted by Gasteiger charge is 2.33. The van der Waals surface area contributed by atoms with Crippen molar-refractivity contribution in [3.63, 3.8) is 0 Å². The van der Waals surface area contributed by atoms with Crippen LogP contribution in [0.15, 0.2) is 108 Å². The maximum atomic E-state index is 10.9. The zero-order chi connectivity index (χ0) is 99.2. The highest BCUT2D eigenvalue weighted by molar-refractivity contribution is 7.78. The van der Waals surface area contributed by atoms with Gasteiger partial charge in [-0.15, -0.1) is 10.1 Å². The van der Waals surface area contributed by atoms with Crippen molar-refractivity contribution in [2.24, 2.45) is 4.99 Å². The van der Waals surface area contributed by atoms with Crippen LogP contribution in [0.3, 0.4) is 0 Å². The summed E-state index contributed by atoms with van der Waals surface area (Å²) >= 11 is 4.48. The highest BCUT2D eigenvalue weighted by atomic mass is 32.1. The second kappa shape index (κ2) is 90.4. The second-order valence-electron chi connectivity index (χ2n) is 35.4. The van der Waals surface area contributed by atoms with E-state index in [1.807, 2.05) is 30.3 Å². The lowest BCUT2D eigenvalue weighted by Gasteiger charge is -2.20. The van der Waals surface area contributed by atoms with Crippen molar-refractivity contribution in [1.29, 1.82) is 0 Å². The SMILES string of the molecule is CC(=O)O.CC(=O)ON1C(=O)CCC1=O.CCC(=O)ON1C(=O)CCC1=O.CCO.CCc1ccc(C)cc1.CCc1ccc(C)cc1.CCc1ccc(N=C=S)cc1.CCc1ccccc1.CN1CCCCC1.CN1CCCCC1.CN1CCCCC1.CN1CCCCC1.CN1CCCCC1.CN1CCCCC1.CN1CCCCC1.CN1CCCCC1.CN1CCCCC1.CO. The number of amides is 4. The van der Waals surface area contributed by atoms with E-state index in [0.29, 0.717) is 10.1 Å². The number of carbonyl (C=O) groups excluding carboxylic acids is 6. The van der Waals surface area contributed by atoms with E-state index in [4.69, 9.17) is 20.1 Å². The first-order chi connectivity index (χ1) is 63.4. The topological polar surface area (TPSA) is 247 Å². The monoisotopic (exact) mass is 1870 g/mol. The maximum absolute atomic E-state index is 10.9. The second-order valence-corrected chi connectivity index (χ2v) is 35.6. The van der Waals surface area contributed by atoms with Gasteiger partial charge in [-0.2, -0.15) is 4.99 Å². The quantitative estimate of drug-likeness (QED) is 0.0843. The van der Waals surface area contributed by atoms with Crippen molar-refractivity contribution in [3.05, 3.63) is 137 Å². The van der Waals surface area contributed by atoms with E-state index in [1.165, 1.54) is 325 Å². The first-order valence-corrected chi connectivity index (χ1v) is 50.7. The number of carboxylic acids is 1. The Labute approximate surface area is 809 Å². The van der Waals surface area contributed by atoms with E-state index >= 15 is 0 Å². The lowest BCUT2D eigenvalue weighted by Crippen LogP contribution is -2.31. The van der Waals surface area contributed by atoms with E-state index < -0.39 is 41.5 Å². The number of imide groups is 2. The minimum atomic E-state index is -0.833. The molecule has 132 heavy (non-hydrogen) atoms. The van der Waals surface area contributed by atoms with Gasteiger partial charge in [0.05, 0.1) is 10.8 Å². The fraction of sp³-hybridized carbons (Fsp3) is 0.701. The minimum Gasteiger partial charge on any atom is -0.481 e. The van der Waals surface area contributed by atoms with Crippen LogP contribution in [0.1, 0.15) is 294 Å². The molecule has 4 aromatic carbocycles. The highest BCUT2D eigenvalue weighted by Crippen LogP contribution is 2.17. The van der Waals surface area contributed by atoms with Crippen molar-refractivity contribution < 1.29 is 58.6 Å². The number of hydrogen-bond acceptors (Lipinski definition) is 22. The number of aliphatic carboxylic acids is 1. The molecule has 11 aliphatic rings. The number of carboxylic acid groups (broad SMARTS) is 1. The van der Waals surface area contributed by atoms with Crippen LogP contribution in [-0.2, 0) is 68.9 Å². The van der Waals surface area contributed by atoms with Crippen LogP contribution in [0.25, 0.3) is 0 Å². The summed E-state index contributed by atoms with van der Waals surface area (Å²) in [6, 6.07) is 35.7. The molecule has 11 heterocycles. The third kappa shape index (κ3) is 81.3. The number of aliphatic hydroxyl groups excluding tert-OH is 2. The number of piperidine rings is 9. The van der Waals surface area contributed by atoms with Gasteiger partial charge in [-0.3, -0.25) is 24.0 Å². The number of aliphatic imine (C=N–C) groups is 1. The van der Waals surface area contributed by atoms with Crippen LogP contribution in [0, 0.1) is 13.8 Å². The number of rotatable bonds is 8. The number of nitrogens with zero attached hydrogens (tertiary/aromatic N) is 12. The van der Waals surface area contributed by atoms with Crippen molar-refractivity contribution in [2.45, 2.75) is 300 Å². The number of benzene rings is 4. The van der Waals surface area contributed by atoms with Crippen LogP contribution in [0.5, 0.6) is 0 Å². The summed E-state index contributed by atoms with van der Waals surface area (Å²) in [5.41, 5.74) is 9.11. The van der Waals surface area contributed by atoms with Gasteiger partial charge in [-0.05, 0) is 390 Å². The zero-order valence-corrected chi connectivity index (χ0v) is 87.8. The predicted molar refractivity (Wildman–Crippen MR) is 554 cm³/mol. The van der Waals surface area contributed by atoms with Crippen LogP contribution < -0.4 is 0 Å². The summed E-state index contributed by atoms with van der Waals surface area (Å²) < 4.78 is 0. The molecule has 0 atom stereocenters. The molecule has 0 unspecified atom stereocenters. The molecular weight excluding hydrogens is 1680 g/mol. The lowest BCUT2D eigenvalue weighted by atomic mass is 10.1. The first kappa shape index (κ1) is 129. The molecule has 0 bridgehead atoms. The molecule has 756 valence electrons. The van der Waals surface area contributed by atoms with E-state index in [1.54, 1.807) is 13.8 Å². The number of hydroxylamine groups is 4. The third-order valence-corrected chi connectivity index (χ3v) is 22.8. The molecule has 4 amide bonds. The Bertz CT molecular complexity index is 3090. The van der Waals surface area contributed by atoms with Gasteiger partial charge in [-0.25, -0.2) is 9.59 Å². The summed E-state index contributed by atoms with van der Waals surface area (Å²) in [5.74, 6) is -3.86. The smallest absolute Gasteiger partial charge is 0.332 e. The Balaban J connectivity index is -0.00000135. The Morgan fingerprint density at radius 3 is 0.659 bits per heavy atom. The molecular formula is C107H190N12O12S. The van der Waals surface area contributed by atoms with Gasteiger partial charge in [0.1, 0.15) is 0 Å². The molecule has 0 spiro atoms. The molecule has 0 aliphatic carbocycles. The van der Waals surface area contributed by atoms with Crippen LogP contribution in [0.2, 0.25) is 0 Å². The summed E-state index contributed by atoms with van der Waals surface area (Å²) in [4.78, 5) is 107. The molecule has 0 aromatic heterocycles. The van der Waals surface area contributed by atoms with Crippen LogP contribution in [-0.4, -0.2) is 311 Å². The van der Waals surface area contributed by atoms with Crippen LogP contribution >= 0.6 is 12.2 Å². The molecule has 0 radical (unpaired) electrons. The zero-order valence-electron chi connectivity index (χ0n) is 87.0. The fourth-order valence-electron chi connectivity index (χ4n) is 14.3.